The fourth-order valence-corrected chi connectivity index (χ4v) is 6.71. The summed E-state index contributed by atoms with van der Waals surface area (Å²) in [5.74, 6) is -0.481. The van der Waals surface area contributed by atoms with Crippen molar-refractivity contribution in [2.75, 3.05) is 25.6 Å². The zero-order valence-electron chi connectivity index (χ0n) is 24.9. The first-order valence-corrected chi connectivity index (χ1v) is 15.1. The molecule has 9 heteroatoms. The Balaban J connectivity index is 1.51. The van der Waals surface area contributed by atoms with Gasteiger partial charge in [-0.05, 0) is 55.3 Å². The van der Waals surface area contributed by atoms with Crippen molar-refractivity contribution in [3.8, 4) is 6.07 Å². The van der Waals surface area contributed by atoms with Gasteiger partial charge in [0.15, 0.2) is 4.80 Å². The minimum atomic E-state index is -0.674. The average molecular weight is 602 g/mol. The van der Waals surface area contributed by atoms with Crippen LogP contribution in [0.1, 0.15) is 42.1 Å². The normalized spacial score (nSPS) is 14.7. The van der Waals surface area contributed by atoms with Crippen LogP contribution >= 0.6 is 11.3 Å². The minimum absolute atomic E-state index is 0.217. The van der Waals surface area contributed by atoms with Gasteiger partial charge in [-0.25, -0.2) is 9.79 Å². The number of aromatic nitrogens is 2. The molecule has 0 unspecified atom stereocenters. The third-order valence-corrected chi connectivity index (χ3v) is 8.81. The van der Waals surface area contributed by atoms with Crippen LogP contribution in [0.2, 0.25) is 0 Å². The number of rotatable bonds is 7. The molecule has 5 aromatic rings. The highest BCUT2D eigenvalue weighted by Crippen LogP contribution is 2.32. The summed E-state index contributed by atoms with van der Waals surface area (Å²) in [6.45, 7) is 4.29. The summed E-state index contributed by atoms with van der Waals surface area (Å²) in [7, 11) is 3.93. The Hall–Kier alpha value is -5.20. The summed E-state index contributed by atoms with van der Waals surface area (Å²) < 4.78 is 9.66. The van der Waals surface area contributed by atoms with Gasteiger partial charge in [0.2, 0.25) is 0 Å². The molecule has 1 atom stereocenters. The number of benzene rings is 3. The third kappa shape index (κ3) is 5.14. The van der Waals surface area contributed by atoms with Gasteiger partial charge in [-0.3, -0.25) is 9.36 Å². The number of carbonyl (C=O) groups excluding carboxylic acids is 1. The fraction of sp³-hybridized carbons (Fsp3) is 0.200. The zero-order valence-corrected chi connectivity index (χ0v) is 25.8. The Labute approximate surface area is 258 Å². The van der Waals surface area contributed by atoms with Crippen molar-refractivity contribution in [2.24, 2.45) is 4.99 Å². The summed E-state index contributed by atoms with van der Waals surface area (Å²) in [5.41, 5.74) is 5.91. The largest absolute Gasteiger partial charge is 0.463 e. The lowest BCUT2D eigenvalue weighted by Gasteiger charge is -2.25. The average Bonchev–Trinajstić information content (AvgIpc) is 3.52. The number of nitrogens with zero attached hydrogens (tertiary/aromatic N) is 5. The number of ether oxygens (including phenoxy) is 1. The predicted octanol–water partition coefficient (Wildman–Crippen LogP) is 4.74. The van der Waals surface area contributed by atoms with Crippen LogP contribution in [0.3, 0.4) is 0 Å². The molecule has 0 radical (unpaired) electrons. The van der Waals surface area contributed by atoms with Crippen molar-refractivity contribution in [1.82, 2.24) is 9.13 Å². The molecule has 0 amide bonds. The molecule has 220 valence electrons. The van der Waals surface area contributed by atoms with Crippen molar-refractivity contribution < 1.29 is 9.53 Å². The summed E-state index contributed by atoms with van der Waals surface area (Å²) in [6, 6.07) is 25.0. The minimum Gasteiger partial charge on any atom is -0.463 e. The quantitative estimate of drug-likeness (QED) is 0.252. The topological polar surface area (TPSA) is 92.6 Å². The standard InChI is InChI=1S/C35H31N5O3S/c1-5-43-34(42)31-22(2)37-35-40(32(31)23-14-16-27(17-15-23)38(3)4)33(41)30(44-35)18-26-21-39(29-13-9-8-12-28(26)29)20-25-11-7-6-10-24(25)19-36/h6-18,21,32H,5,20H2,1-4H3/b30-18+/t32-/m0/s1. The van der Waals surface area contributed by atoms with Gasteiger partial charge in [-0.2, -0.15) is 5.26 Å². The van der Waals surface area contributed by atoms with Gasteiger partial charge in [0.1, 0.15) is 0 Å². The van der Waals surface area contributed by atoms with Crippen LogP contribution in [-0.2, 0) is 16.1 Å². The maximum absolute atomic E-state index is 14.2. The van der Waals surface area contributed by atoms with Gasteiger partial charge >= 0.3 is 5.97 Å². The van der Waals surface area contributed by atoms with Gasteiger partial charge in [-0.1, -0.05) is 59.9 Å². The van der Waals surface area contributed by atoms with Gasteiger partial charge in [0.25, 0.3) is 5.56 Å². The molecule has 3 heterocycles. The number of allylic oxidation sites excluding steroid dienone is 1. The summed E-state index contributed by atoms with van der Waals surface area (Å²) in [6.07, 6.45) is 3.91. The first-order chi connectivity index (χ1) is 21.3. The fourth-order valence-electron chi connectivity index (χ4n) is 5.67. The van der Waals surface area contributed by atoms with Gasteiger partial charge in [-0.15, -0.1) is 0 Å². The van der Waals surface area contributed by atoms with Gasteiger partial charge in [0, 0.05) is 49.0 Å². The molecule has 0 bridgehead atoms. The molecule has 0 saturated heterocycles. The molecule has 1 aliphatic heterocycles. The summed E-state index contributed by atoms with van der Waals surface area (Å²) in [5, 5.41) is 10.6. The first kappa shape index (κ1) is 28.9. The Bertz CT molecular complexity index is 2160. The van der Waals surface area contributed by atoms with E-state index >= 15 is 0 Å². The molecular formula is C35H31N5O3S. The molecule has 0 N–H and O–H groups in total. The molecule has 3 aromatic carbocycles. The zero-order chi connectivity index (χ0) is 31.0. The highest BCUT2D eigenvalue weighted by molar-refractivity contribution is 7.07. The van der Waals surface area contributed by atoms with E-state index in [-0.39, 0.29) is 12.2 Å². The first-order valence-electron chi connectivity index (χ1n) is 14.3. The molecule has 0 saturated carbocycles. The molecule has 0 fully saturated rings. The number of carbonyl (C=O) groups is 1. The van der Waals surface area contributed by atoms with Crippen molar-refractivity contribution in [1.29, 1.82) is 5.26 Å². The van der Waals surface area contributed by atoms with Crippen LogP contribution in [-0.4, -0.2) is 35.8 Å². The molecule has 8 nitrogen and oxygen atoms in total. The number of esters is 1. The second kappa shape index (κ2) is 11.8. The van der Waals surface area contributed by atoms with Crippen molar-refractivity contribution in [3.63, 3.8) is 0 Å². The lowest BCUT2D eigenvalue weighted by Crippen LogP contribution is -2.39. The highest BCUT2D eigenvalue weighted by Gasteiger charge is 2.33. The van der Waals surface area contributed by atoms with Crippen molar-refractivity contribution >= 4 is 40.0 Å². The SMILES string of the molecule is CCOC(=O)C1=C(C)N=c2s/c(=C/c3cn(Cc4ccccc4C#N)c4ccccc34)c(=O)n2[C@H]1c1ccc(N(C)C)cc1. The number of para-hydroxylation sites is 1. The van der Waals surface area contributed by atoms with E-state index in [9.17, 15) is 14.9 Å². The Morgan fingerprint density at radius 2 is 1.82 bits per heavy atom. The van der Waals surface area contributed by atoms with E-state index in [1.807, 2.05) is 104 Å². The predicted molar refractivity (Wildman–Crippen MR) is 173 cm³/mol. The highest BCUT2D eigenvalue weighted by atomic mass is 32.1. The van der Waals surface area contributed by atoms with Crippen LogP contribution in [0.5, 0.6) is 0 Å². The second-order valence-corrected chi connectivity index (χ2v) is 11.8. The summed E-state index contributed by atoms with van der Waals surface area (Å²) >= 11 is 1.30. The molecule has 0 spiro atoms. The molecule has 0 aliphatic carbocycles. The maximum Gasteiger partial charge on any atom is 0.338 e. The van der Waals surface area contributed by atoms with E-state index in [2.05, 4.69) is 10.6 Å². The number of nitriles is 1. The maximum atomic E-state index is 14.2. The van der Waals surface area contributed by atoms with E-state index < -0.39 is 12.0 Å². The van der Waals surface area contributed by atoms with Crippen LogP contribution in [0.25, 0.3) is 17.0 Å². The second-order valence-electron chi connectivity index (χ2n) is 10.8. The van der Waals surface area contributed by atoms with E-state index in [1.165, 1.54) is 11.3 Å². The lowest BCUT2D eigenvalue weighted by atomic mass is 9.95. The van der Waals surface area contributed by atoms with E-state index in [4.69, 9.17) is 9.73 Å². The number of fused-ring (bicyclic) bond motifs is 2. The van der Waals surface area contributed by atoms with Crippen LogP contribution < -0.4 is 19.8 Å². The molecule has 6 rings (SSSR count). The van der Waals surface area contributed by atoms with E-state index in [0.29, 0.717) is 32.7 Å². The number of anilines is 1. The molecular weight excluding hydrogens is 570 g/mol. The van der Waals surface area contributed by atoms with Crippen molar-refractivity contribution in [3.05, 3.63) is 132 Å². The van der Waals surface area contributed by atoms with Crippen molar-refractivity contribution in [2.45, 2.75) is 26.4 Å². The van der Waals surface area contributed by atoms with Gasteiger partial charge < -0.3 is 14.2 Å². The number of hydrogen-bond acceptors (Lipinski definition) is 7. The van der Waals surface area contributed by atoms with Crippen LogP contribution in [0.4, 0.5) is 5.69 Å². The van der Waals surface area contributed by atoms with Crippen LogP contribution in [0.15, 0.2) is 100 Å². The lowest BCUT2D eigenvalue weighted by molar-refractivity contribution is -0.139. The number of thiazole rings is 1. The van der Waals surface area contributed by atoms with E-state index in [1.54, 1.807) is 18.4 Å². The molecule has 1 aliphatic rings. The molecule has 44 heavy (non-hydrogen) atoms. The van der Waals surface area contributed by atoms with Crippen LogP contribution in [0, 0.1) is 11.3 Å². The third-order valence-electron chi connectivity index (χ3n) is 7.83. The Morgan fingerprint density at radius 3 is 2.55 bits per heavy atom. The monoisotopic (exact) mass is 601 g/mol. The molecule has 2 aromatic heterocycles. The van der Waals surface area contributed by atoms with Gasteiger partial charge in [0.05, 0.1) is 40.1 Å². The van der Waals surface area contributed by atoms with E-state index in [0.717, 1.165) is 33.3 Å². The Kier molecular flexibility index (Phi) is 7.77. The smallest absolute Gasteiger partial charge is 0.338 e. The number of hydrogen-bond donors (Lipinski definition) is 0. The summed E-state index contributed by atoms with van der Waals surface area (Å²) in [4.78, 5) is 34.7. The Morgan fingerprint density at radius 1 is 1.09 bits per heavy atom.